The smallest absolute Gasteiger partial charge is 0.255 e. The van der Waals surface area contributed by atoms with Crippen molar-refractivity contribution in [3.8, 4) is 0 Å². The van der Waals surface area contributed by atoms with E-state index in [-0.39, 0.29) is 11.8 Å². The zero-order chi connectivity index (χ0) is 18.5. The molecule has 134 valence electrons. The molecule has 4 N–H and O–H groups in total. The molecule has 3 amide bonds. The maximum atomic E-state index is 12.5. The highest BCUT2D eigenvalue weighted by atomic mass is 16.2. The average molecular weight is 352 g/mol. The van der Waals surface area contributed by atoms with Gasteiger partial charge in [-0.1, -0.05) is 18.2 Å². The molecule has 7 heteroatoms. The summed E-state index contributed by atoms with van der Waals surface area (Å²) in [4.78, 5) is 37.2. The second kappa shape index (κ2) is 7.79. The Morgan fingerprint density at radius 1 is 1.12 bits per heavy atom. The van der Waals surface area contributed by atoms with Gasteiger partial charge in [-0.25, -0.2) is 0 Å². The molecular formula is C19H20N4O3. The monoisotopic (exact) mass is 352 g/mol. The molecular weight excluding hydrogens is 332 g/mol. The van der Waals surface area contributed by atoms with Crippen molar-refractivity contribution in [1.29, 1.82) is 0 Å². The predicted molar refractivity (Wildman–Crippen MR) is 97.6 cm³/mol. The molecule has 1 aliphatic heterocycles. The molecule has 0 atom stereocenters. The Morgan fingerprint density at radius 3 is 2.65 bits per heavy atom. The fourth-order valence-corrected chi connectivity index (χ4v) is 2.85. The third kappa shape index (κ3) is 4.46. The van der Waals surface area contributed by atoms with Crippen LogP contribution < -0.4 is 16.4 Å². The van der Waals surface area contributed by atoms with Crippen molar-refractivity contribution in [3.63, 3.8) is 0 Å². The van der Waals surface area contributed by atoms with Gasteiger partial charge in [0.05, 0.1) is 6.54 Å². The summed E-state index contributed by atoms with van der Waals surface area (Å²) in [6.07, 6.45) is 0. The van der Waals surface area contributed by atoms with Crippen molar-refractivity contribution in [2.45, 2.75) is 6.54 Å². The molecule has 0 unspecified atom stereocenters. The molecule has 2 aromatic carbocycles. The van der Waals surface area contributed by atoms with E-state index >= 15 is 0 Å². The number of nitrogens with zero attached hydrogens (tertiary/aromatic N) is 1. The molecule has 26 heavy (non-hydrogen) atoms. The molecule has 1 saturated heterocycles. The van der Waals surface area contributed by atoms with Crippen LogP contribution in [0.1, 0.15) is 26.3 Å². The van der Waals surface area contributed by atoms with Gasteiger partial charge in [0.25, 0.3) is 5.91 Å². The molecule has 0 bridgehead atoms. The molecule has 0 saturated carbocycles. The van der Waals surface area contributed by atoms with Crippen LogP contribution in [0.3, 0.4) is 0 Å². The van der Waals surface area contributed by atoms with Gasteiger partial charge in [0.15, 0.2) is 0 Å². The van der Waals surface area contributed by atoms with Gasteiger partial charge in [0, 0.05) is 36.4 Å². The normalized spacial score (nSPS) is 14.5. The summed E-state index contributed by atoms with van der Waals surface area (Å²) in [5.41, 5.74) is 7.56. The molecule has 1 fully saturated rings. The van der Waals surface area contributed by atoms with Crippen molar-refractivity contribution >= 4 is 23.4 Å². The van der Waals surface area contributed by atoms with E-state index in [1.165, 1.54) is 6.07 Å². The summed E-state index contributed by atoms with van der Waals surface area (Å²) in [6, 6.07) is 13.8. The highest BCUT2D eigenvalue weighted by Gasteiger charge is 2.16. The van der Waals surface area contributed by atoms with E-state index in [9.17, 15) is 14.4 Å². The van der Waals surface area contributed by atoms with Gasteiger partial charge in [-0.15, -0.1) is 0 Å². The first-order valence-electron chi connectivity index (χ1n) is 8.30. The van der Waals surface area contributed by atoms with Gasteiger partial charge in [0.1, 0.15) is 0 Å². The highest BCUT2D eigenvalue weighted by molar-refractivity contribution is 6.05. The molecule has 0 spiro atoms. The number of benzene rings is 2. The van der Waals surface area contributed by atoms with Crippen LogP contribution in [0.5, 0.6) is 0 Å². The number of anilines is 1. The minimum Gasteiger partial charge on any atom is -0.366 e. The summed E-state index contributed by atoms with van der Waals surface area (Å²) in [5, 5.41) is 5.56. The number of primary amides is 1. The van der Waals surface area contributed by atoms with E-state index in [1.54, 1.807) is 30.3 Å². The Bertz CT molecular complexity index is 850. The van der Waals surface area contributed by atoms with Gasteiger partial charge in [-0.3, -0.25) is 19.3 Å². The topological polar surface area (TPSA) is 105 Å². The standard InChI is InChI=1S/C19H20N4O3/c20-18(25)14-4-2-6-16(10-14)22-19(26)15-5-1-3-13(9-15)11-23-8-7-21-17(24)12-23/h1-6,9-10H,7-8,11-12H2,(H2,20,25)(H,21,24)(H,22,26). The van der Waals surface area contributed by atoms with Gasteiger partial charge >= 0.3 is 0 Å². The molecule has 1 aliphatic rings. The Labute approximate surface area is 151 Å². The van der Waals surface area contributed by atoms with E-state index in [0.717, 1.165) is 12.1 Å². The van der Waals surface area contributed by atoms with Crippen LogP contribution >= 0.6 is 0 Å². The van der Waals surface area contributed by atoms with Crippen LogP contribution in [0.4, 0.5) is 5.69 Å². The summed E-state index contributed by atoms with van der Waals surface area (Å²) in [7, 11) is 0. The van der Waals surface area contributed by atoms with Crippen molar-refractivity contribution in [2.24, 2.45) is 5.73 Å². The zero-order valence-corrected chi connectivity index (χ0v) is 14.2. The van der Waals surface area contributed by atoms with E-state index in [1.807, 2.05) is 17.0 Å². The predicted octanol–water partition coefficient (Wildman–Crippen LogP) is 0.970. The number of carbonyl (C=O) groups excluding carboxylic acids is 3. The van der Waals surface area contributed by atoms with E-state index in [4.69, 9.17) is 5.73 Å². The van der Waals surface area contributed by atoms with Crippen LogP contribution in [0.25, 0.3) is 0 Å². The van der Waals surface area contributed by atoms with E-state index in [0.29, 0.717) is 36.4 Å². The minimum atomic E-state index is -0.548. The first kappa shape index (κ1) is 17.6. The fourth-order valence-electron chi connectivity index (χ4n) is 2.85. The Balaban J connectivity index is 1.69. The minimum absolute atomic E-state index is 0.0134. The SMILES string of the molecule is NC(=O)c1cccc(NC(=O)c2cccc(CN3CCNC(=O)C3)c2)c1. The van der Waals surface area contributed by atoms with Gasteiger partial charge in [0.2, 0.25) is 11.8 Å². The van der Waals surface area contributed by atoms with Crippen LogP contribution in [0.2, 0.25) is 0 Å². The average Bonchev–Trinajstić information content (AvgIpc) is 2.62. The second-order valence-corrected chi connectivity index (χ2v) is 6.16. The number of carbonyl (C=O) groups is 3. The largest absolute Gasteiger partial charge is 0.366 e. The molecule has 7 nitrogen and oxygen atoms in total. The van der Waals surface area contributed by atoms with Crippen LogP contribution in [-0.2, 0) is 11.3 Å². The lowest BCUT2D eigenvalue weighted by atomic mass is 10.1. The zero-order valence-electron chi connectivity index (χ0n) is 14.2. The van der Waals surface area contributed by atoms with Crippen molar-refractivity contribution < 1.29 is 14.4 Å². The lowest BCUT2D eigenvalue weighted by Gasteiger charge is -2.26. The van der Waals surface area contributed by atoms with Gasteiger partial charge < -0.3 is 16.4 Å². The lowest BCUT2D eigenvalue weighted by Crippen LogP contribution is -2.47. The summed E-state index contributed by atoms with van der Waals surface area (Å²) in [6.45, 7) is 2.37. The highest BCUT2D eigenvalue weighted by Crippen LogP contribution is 2.14. The molecule has 3 rings (SSSR count). The van der Waals surface area contributed by atoms with Gasteiger partial charge in [-0.2, -0.15) is 0 Å². The van der Waals surface area contributed by atoms with Gasteiger partial charge in [-0.05, 0) is 35.9 Å². The Kier molecular flexibility index (Phi) is 5.28. The number of hydrogen-bond donors (Lipinski definition) is 3. The number of amides is 3. The Morgan fingerprint density at radius 2 is 1.88 bits per heavy atom. The number of rotatable bonds is 5. The van der Waals surface area contributed by atoms with Crippen molar-refractivity contribution in [3.05, 3.63) is 65.2 Å². The molecule has 0 aromatic heterocycles. The van der Waals surface area contributed by atoms with Crippen LogP contribution in [-0.4, -0.2) is 42.3 Å². The maximum Gasteiger partial charge on any atom is 0.255 e. The maximum absolute atomic E-state index is 12.5. The number of hydrogen-bond acceptors (Lipinski definition) is 4. The quantitative estimate of drug-likeness (QED) is 0.746. The number of nitrogens with one attached hydrogen (secondary N) is 2. The first-order chi connectivity index (χ1) is 12.5. The Hall–Kier alpha value is -3.19. The molecule has 0 aliphatic carbocycles. The fraction of sp³-hybridized carbons (Fsp3) is 0.211. The molecule has 0 radical (unpaired) electrons. The third-order valence-corrected chi connectivity index (χ3v) is 4.12. The first-order valence-corrected chi connectivity index (χ1v) is 8.30. The van der Waals surface area contributed by atoms with E-state index in [2.05, 4.69) is 10.6 Å². The molecule has 2 aromatic rings. The summed E-state index contributed by atoms with van der Waals surface area (Å²) in [5.74, 6) is -0.807. The van der Waals surface area contributed by atoms with Crippen molar-refractivity contribution in [1.82, 2.24) is 10.2 Å². The summed E-state index contributed by atoms with van der Waals surface area (Å²) < 4.78 is 0. The third-order valence-electron chi connectivity index (χ3n) is 4.12. The lowest BCUT2D eigenvalue weighted by molar-refractivity contribution is -0.124. The van der Waals surface area contributed by atoms with Crippen molar-refractivity contribution in [2.75, 3.05) is 25.0 Å². The van der Waals surface area contributed by atoms with Crippen LogP contribution in [0.15, 0.2) is 48.5 Å². The van der Waals surface area contributed by atoms with E-state index < -0.39 is 5.91 Å². The molecule has 1 heterocycles. The second-order valence-electron chi connectivity index (χ2n) is 6.16. The van der Waals surface area contributed by atoms with Crippen LogP contribution in [0, 0.1) is 0 Å². The number of piperazine rings is 1. The number of nitrogens with two attached hydrogens (primary N) is 1. The summed E-state index contributed by atoms with van der Waals surface area (Å²) >= 11 is 0.